The van der Waals surface area contributed by atoms with Crippen LogP contribution >= 0.6 is 7.92 Å². The fraction of sp³-hybridized carbons (Fsp3) is 0. The van der Waals surface area contributed by atoms with Gasteiger partial charge in [0.1, 0.15) is 0 Å². The first-order valence-corrected chi connectivity index (χ1v) is 10.9. The summed E-state index contributed by atoms with van der Waals surface area (Å²) in [6.45, 7) is 0. The fourth-order valence-corrected chi connectivity index (χ4v) is 5.30. The van der Waals surface area contributed by atoms with E-state index in [0.29, 0.717) is 0 Å². The van der Waals surface area contributed by atoms with E-state index in [-0.39, 0.29) is 0 Å². The Hall–Kier alpha value is -1.95. The van der Waals surface area contributed by atoms with Crippen molar-refractivity contribution in [3.63, 3.8) is 0 Å². The van der Waals surface area contributed by atoms with Gasteiger partial charge in [-0.25, -0.2) is 0 Å². The molecule has 4 aromatic rings. The molecule has 0 amide bonds. The number of benzene rings is 4. The van der Waals surface area contributed by atoms with Crippen molar-refractivity contribution in [1.29, 1.82) is 0 Å². The van der Waals surface area contributed by atoms with Crippen LogP contribution in [0.1, 0.15) is 0 Å². The molecule has 4 rings (SSSR count). The van der Waals surface area contributed by atoms with Crippen molar-refractivity contribution >= 4 is 27.6 Å². The van der Waals surface area contributed by atoms with Crippen molar-refractivity contribution in [1.82, 2.24) is 0 Å². The molecule has 4 aromatic carbocycles. The second kappa shape index (κ2) is 10.3. The first-order chi connectivity index (χ1) is 12.8. The third-order valence-electron chi connectivity index (χ3n) is 3.75. The minimum atomic E-state index is -0.446. The molecule has 0 nitrogen and oxygen atoms in total. The molecule has 0 heterocycles. The molecule has 0 radical (unpaired) electrons. The fourth-order valence-electron chi connectivity index (χ4n) is 2.58. The van der Waals surface area contributed by atoms with Crippen LogP contribution in [0.5, 0.6) is 0 Å². The Morgan fingerprint density at radius 2 is 0.654 bits per heavy atom. The van der Waals surface area contributed by atoms with Gasteiger partial charge in [-0.3, -0.25) is 0 Å². The molecule has 0 N–H and O–H groups in total. The van der Waals surface area contributed by atoms with Crippen molar-refractivity contribution in [2.45, 2.75) is 0 Å². The summed E-state index contributed by atoms with van der Waals surface area (Å²) in [6, 6.07) is 42.5. The Morgan fingerprint density at radius 3 is 0.885 bits per heavy atom. The molecule has 0 atom stereocenters. The van der Waals surface area contributed by atoms with Gasteiger partial charge in [0.25, 0.3) is 0 Å². The summed E-state index contributed by atoms with van der Waals surface area (Å²) in [7, 11) is -0.446. The summed E-state index contributed by atoms with van der Waals surface area (Å²) in [5, 5.41) is 4.19. The monoisotopic (exact) mass is 536 g/mol. The third-order valence-corrected chi connectivity index (χ3v) is 6.92. The van der Waals surface area contributed by atoms with Gasteiger partial charge in [-0.15, -0.1) is 0 Å². The first kappa shape index (κ1) is 18.8. The van der Waals surface area contributed by atoms with Crippen molar-refractivity contribution in [2.24, 2.45) is 0 Å². The van der Waals surface area contributed by atoms with Gasteiger partial charge in [-0.1, -0.05) is 91.0 Å². The standard InChI is InChI=1S/C18H15P.C6H5.Au/c1-4-10-16(11-5-1)19(17-12-6-2-7-13-17)18-14-8-3-9-15-18;1-2-4-6-5-3-1;/h1-15H;1-5H;. The van der Waals surface area contributed by atoms with Gasteiger partial charge in [-0.2, -0.15) is 0 Å². The van der Waals surface area contributed by atoms with Gasteiger partial charge in [-0.05, 0) is 23.8 Å². The quantitative estimate of drug-likeness (QED) is 0.271. The molecule has 0 fully saturated rings. The minimum Gasteiger partial charge on any atom is -0.0622 e. The molecule has 0 saturated heterocycles. The van der Waals surface area contributed by atoms with E-state index in [0.717, 1.165) is 0 Å². The second-order valence-corrected chi connectivity index (χ2v) is 9.06. The zero-order valence-electron chi connectivity index (χ0n) is 14.3. The van der Waals surface area contributed by atoms with Gasteiger partial charge in [0.05, 0.1) is 0 Å². The largest absolute Gasteiger partial charge is 0.0622 e. The van der Waals surface area contributed by atoms with E-state index in [1.165, 1.54) is 19.7 Å². The minimum absolute atomic E-state index is 0.446. The molecule has 2 heteroatoms. The summed E-state index contributed by atoms with van der Waals surface area (Å²) >= 11 is 2.45. The Morgan fingerprint density at radius 1 is 0.385 bits per heavy atom. The molecule has 0 unspecified atom stereocenters. The topological polar surface area (TPSA) is 0 Å². The van der Waals surface area contributed by atoms with Crippen LogP contribution in [0.25, 0.3) is 0 Å². The maximum absolute atomic E-state index is 2.45. The van der Waals surface area contributed by atoms with Gasteiger partial charge >= 0.3 is 55.2 Å². The maximum Gasteiger partial charge on any atom is -0.0134 e. The summed E-state index contributed by atoms with van der Waals surface area (Å²) in [4.78, 5) is 0. The average molecular weight is 536 g/mol. The SMILES string of the molecule is [Au][c]1ccccc1.c1ccc(P(c2ccccc2)c2ccccc2)cc1. The number of rotatable bonds is 3. The summed E-state index contributed by atoms with van der Waals surface area (Å²) in [5.74, 6) is 0. The Labute approximate surface area is 169 Å². The molecule has 0 saturated carbocycles. The van der Waals surface area contributed by atoms with Gasteiger partial charge < -0.3 is 0 Å². The molecule has 0 bridgehead atoms. The van der Waals surface area contributed by atoms with Crippen LogP contribution in [0.3, 0.4) is 0 Å². The van der Waals surface area contributed by atoms with E-state index in [2.05, 4.69) is 124 Å². The number of hydrogen-bond acceptors (Lipinski definition) is 0. The van der Waals surface area contributed by atoms with E-state index >= 15 is 0 Å². The van der Waals surface area contributed by atoms with Crippen LogP contribution in [0.15, 0.2) is 121 Å². The van der Waals surface area contributed by atoms with E-state index in [4.69, 9.17) is 0 Å². The predicted molar refractivity (Wildman–Crippen MR) is 111 cm³/mol. The van der Waals surface area contributed by atoms with E-state index in [1.54, 1.807) is 0 Å². The molecular weight excluding hydrogens is 516 g/mol. The molecule has 0 spiro atoms. The van der Waals surface area contributed by atoms with Gasteiger partial charge in [0.2, 0.25) is 0 Å². The van der Waals surface area contributed by atoms with Crippen molar-refractivity contribution in [2.75, 3.05) is 0 Å². The van der Waals surface area contributed by atoms with Crippen LogP contribution in [0.2, 0.25) is 0 Å². The zero-order valence-corrected chi connectivity index (χ0v) is 17.4. The van der Waals surface area contributed by atoms with Crippen molar-refractivity contribution in [3.05, 3.63) is 121 Å². The summed E-state index contributed by atoms with van der Waals surface area (Å²) in [6.07, 6.45) is 0. The average Bonchev–Trinajstić information content (AvgIpc) is 2.72. The van der Waals surface area contributed by atoms with Crippen molar-refractivity contribution < 1.29 is 21.1 Å². The summed E-state index contributed by atoms with van der Waals surface area (Å²) < 4.78 is 1.27. The van der Waals surface area contributed by atoms with Gasteiger partial charge in [0, 0.05) is 0 Å². The van der Waals surface area contributed by atoms with Crippen LogP contribution in [-0.4, -0.2) is 0 Å². The van der Waals surface area contributed by atoms with E-state index in [1.807, 2.05) is 18.2 Å². The third kappa shape index (κ3) is 5.53. The smallest absolute Gasteiger partial charge is 0.0134 e. The zero-order chi connectivity index (χ0) is 18.0. The second-order valence-electron chi connectivity index (χ2n) is 5.59. The predicted octanol–water partition coefficient (Wildman–Crippen LogP) is 4.30. The molecule has 0 aliphatic rings. The van der Waals surface area contributed by atoms with E-state index < -0.39 is 7.92 Å². The van der Waals surface area contributed by atoms with Gasteiger partial charge in [0.15, 0.2) is 0 Å². The first-order valence-electron chi connectivity index (χ1n) is 8.46. The number of hydrogen-bond donors (Lipinski definition) is 0. The van der Waals surface area contributed by atoms with Crippen LogP contribution in [0.4, 0.5) is 0 Å². The maximum atomic E-state index is 2.45. The molecule has 0 aliphatic carbocycles. The molecule has 132 valence electrons. The Kier molecular flexibility index (Phi) is 7.43. The van der Waals surface area contributed by atoms with Crippen molar-refractivity contribution in [3.8, 4) is 0 Å². The molecule has 0 aliphatic heterocycles. The molecule has 0 aromatic heterocycles. The van der Waals surface area contributed by atoms with Crippen LogP contribution in [-0.2, 0) is 21.1 Å². The van der Waals surface area contributed by atoms with Crippen LogP contribution < -0.4 is 19.7 Å². The molecular formula is C24H20AuP. The molecule has 26 heavy (non-hydrogen) atoms. The van der Waals surface area contributed by atoms with Crippen LogP contribution in [0, 0.1) is 0 Å². The Bertz CT molecular complexity index is 784. The van der Waals surface area contributed by atoms with E-state index in [9.17, 15) is 0 Å². The summed E-state index contributed by atoms with van der Waals surface area (Å²) in [5.41, 5.74) is 0. The normalized spacial score (nSPS) is 10.1. The Balaban J connectivity index is 0.000000236.